The van der Waals surface area contributed by atoms with Gasteiger partial charge in [-0.25, -0.2) is 4.79 Å². The van der Waals surface area contributed by atoms with Crippen LogP contribution in [0.3, 0.4) is 0 Å². The average Bonchev–Trinajstić information content (AvgIpc) is 3.25. The second-order valence-corrected chi connectivity index (χ2v) is 9.14. The molecule has 0 spiro atoms. The number of fused-ring (bicyclic) bond motifs is 2. The molecule has 6 nitrogen and oxygen atoms in total. The third-order valence-corrected chi connectivity index (χ3v) is 7.58. The first-order valence-corrected chi connectivity index (χ1v) is 10.2. The lowest BCUT2D eigenvalue weighted by Gasteiger charge is -2.39. The second-order valence-electron chi connectivity index (χ2n) is 9.14. The van der Waals surface area contributed by atoms with E-state index in [1.165, 1.54) is 6.42 Å². The summed E-state index contributed by atoms with van der Waals surface area (Å²) in [6.07, 6.45) is 3.34. The van der Waals surface area contributed by atoms with Gasteiger partial charge in [-0.3, -0.25) is 4.79 Å². The second kappa shape index (κ2) is 7.01. The van der Waals surface area contributed by atoms with Gasteiger partial charge in [0.25, 0.3) is 5.91 Å². The van der Waals surface area contributed by atoms with E-state index in [2.05, 4.69) is 31.2 Å². The molecule has 3 atom stereocenters. The Balaban J connectivity index is 1.40. The van der Waals surface area contributed by atoms with Crippen molar-refractivity contribution >= 4 is 11.9 Å². The van der Waals surface area contributed by atoms with E-state index in [-0.39, 0.29) is 34.9 Å². The molecular weight excluding hydrogens is 368 g/mol. The van der Waals surface area contributed by atoms with Crippen LogP contribution >= 0.6 is 0 Å². The van der Waals surface area contributed by atoms with Crippen LogP contribution in [0, 0.1) is 23.7 Å². The maximum absolute atomic E-state index is 12.7. The Kier molecular flexibility index (Phi) is 4.75. The summed E-state index contributed by atoms with van der Waals surface area (Å²) >= 11 is 0. The van der Waals surface area contributed by atoms with Gasteiger partial charge < -0.3 is 14.6 Å². The Hall–Kier alpha value is -2.63. The number of esters is 1. The lowest BCUT2D eigenvalue weighted by molar-refractivity contribution is -0.126. The Morgan fingerprint density at radius 1 is 1.24 bits per heavy atom. The fourth-order valence-corrected chi connectivity index (χ4v) is 5.27. The molecule has 2 saturated carbocycles. The minimum absolute atomic E-state index is 0.0862. The van der Waals surface area contributed by atoms with Crippen LogP contribution in [0.25, 0.3) is 11.3 Å². The van der Waals surface area contributed by atoms with Crippen molar-refractivity contribution in [2.75, 3.05) is 6.61 Å². The average molecular weight is 396 g/mol. The van der Waals surface area contributed by atoms with E-state index in [4.69, 9.17) is 9.26 Å². The van der Waals surface area contributed by atoms with Crippen molar-refractivity contribution in [3.63, 3.8) is 0 Å². The van der Waals surface area contributed by atoms with Crippen molar-refractivity contribution in [3.05, 3.63) is 41.7 Å². The van der Waals surface area contributed by atoms with Gasteiger partial charge in [0.1, 0.15) is 17.0 Å². The summed E-state index contributed by atoms with van der Waals surface area (Å²) in [6.45, 7) is 8.22. The first-order valence-electron chi connectivity index (χ1n) is 10.2. The van der Waals surface area contributed by atoms with Gasteiger partial charge in [-0.15, -0.1) is 0 Å². The molecule has 0 aliphatic heterocycles. The van der Waals surface area contributed by atoms with Gasteiger partial charge in [-0.1, -0.05) is 56.3 Å². The number of aryl methyl sites for hydroxylation is 1. The van der Waals surface area contributed by atoms with Crippen molar-refractivity contribution in [2.45, 2.75) is 53.0 Å². The zero-order chi connectivity index (χ0) is 20.8. The fourth-order valence-electron chi connectivity index (χ4n) is 5.27. The molecule has 3 unspecified atom stereocenters. The van der Waals surface area contributed by atoms with E-state index in [0.29, 0.717) is 17.4 Å². The maximum atomic E-state index is 12.7. The number of benzene rings is 1. The van der Waals surface area contributed by atoms with Crippen LogP contribution < -0.4 is 5.32 Å². The number of amides is 1. The molecule has 1 heterocycles. The van der Waals surface area contributed by atoms with E-state index in [9.17, 15) is 9.59 Å². The summed E-state index contributed by atoms with van der Waals surface area (Å²) in [5.41, 5.74) is 1.75. The summed E-state index contributed by atoms with van der Waals surface area (Å²) in [6, 6.07) is 9.42. The van der Waals surface area contributed by atoms with Crippen LogP contribution in [0.1, 0.15) is 56.2 Å². The summed E-state index contributed by atoms with van der Waals surface area (Å²) in [5.74, 6) is 0.144. The molecule has 2 bridgehead atoms. The number of hydrogen-bond acceptors (Lipinski definition) is 5. The minimum Gasteiger partial charge on any atom is -0.452 e. The molecule has 2 aliphatic carbocycles. The molecule has 1 aromatic heterocycles. The summed E-state index contributed by atoms with van der Waals surface area (Å²) in [5, 5.41) is 7.10. The van der Waals surface area contributed by atoms with Crippen molar-refractivity contribution in [2.24, 2.45) is 16.7 Å². The number of nitrogens with zero attached hydrogens (tertiary/aromatic N) is 1. The number of carbonyl (C=O) groups excluding carboxylic acids is 2. The van der Waals surface area contributed by atoms with Gasteiger partial charge in [0.15, 0.2) is 6.61 Å². The van der Waals surface area contributed by atoms with Crippen LogP contribution in [0.4, 0.5) is 0 Å². The monoisotopic (exact) mass is 396 g/mol. The van der Waals surface area contributed by atoms with Crippen molar-refractivity contribution in [1.82, 2.24) is 10.5 Å². The van der Waals surface area contributed by atoms with Crippen molar-refractivity contribution < 1.29 is 18.8 Å². The predicted octanol–water partition coefficient (Wildman–Crippen LogP) is 4.14. The number of hydrogen-bond donors (Lipinski definition) is 1. The molecule has 2 aromatic rings. The van der Waals surface area contributed by atoms with E-state index in [1.807, 2.05) is 30.3 Å². The van der Waals surface area contributed by atoms with E-state index in [1.54, 1.807) is 6.92 Å². The van der Waals surface area contributed by atoms with Gasteiger partial charge in [-0.2, -0.15) is 0 Å². The smallest absolute Gasteiger partial charge is 0.344 e. The number of nitrogens with one attached hydrogen (secondary N) is 1. The first kappa shape index (κ1) is 19.7. The van der Waals surface area contributed by atoms with Crippen LogP contribution in [-0.2, 0) is 9.53 Å². The zero-order valence-corrected chi connectivity index (χ0v) is 17.5. The zero-order valence-electron chi connectivity index (χ0n) is 17.5. The number of aromatic nitrogens is 1. The Bertz CT molecular complexity index is 934. The highest BCUT2D eigenvalue weighted by Crippen LogP contribution is 2.65. The molecule has 4 rings (SSSR count). The number of rotatable bonds is 5. The van der Waals surface area contributed by atoms with Gasteiger partial charge in [0.2, 0.25) is 0 Å². The van der Waals surface area contributed by atoms with Crippen LogP contribution in [0.5, 0.6) is 0 Å². The normalized spacial score (nSPS) is 27.0. The van der Waals surface area contributed by atoms with Gasteiger partial charge in [0.05, 0.1) is 0 Å². The molecule has 0 radical (unpaired) electrons. The molecule has 1 amide bonds. The Labute approximate surface area is 171 Å². The number of carbonyl (C=O) groups is 2. The Morgan fingerprint density at radius 2 is 1.97 bits per heavy atom. The lowest BCUT2D eigenvalue weighted by Crippen LogP contribution is -2.48. The molecule has 2 aliphatic rings. The third kappa shape index (κ3) is 3.15. The maximum Gasteiger partial charge on any atom is 0.344 e. The van der Waals surface area contributed by atoms with E-state index in [0.717, 1.165) is 18.4 Å². The number of ether oxygens (including phenoxy) is 1. The van der Waals surface area contributed by atoms with Gasteiger partial charge in [0, 0.05) is 11.6 Å². The fraction of sp³-hybridized carbons (Fsp3) is 0.522. The van der Waals surface area contributed by atoms with Crippen LogP contribution in [0.15, 0.2) is 34.9 Å². The van der Waals surface area contributed by atoms with Crippen molar-refractivity contribution in [1.29, 1.82) is 0 Å². The molecule has 0 saturated heterocycles. The molecule has 6 heteroatoms. The standard InChI is InChI=1S/C23H28N2O4/c1-14-19(20(25-29-14)15-8-6-5-7-9-15)21(27)28-13-18(26)24-17-12-16-10-11-23(17,4)22(16,2)3/h5-9,16-17H,10-13H2,1-4H3,(H,24,26). The third-order valence-electron chi connectivity index (χ3n) is 7.58. The topological polar surface area (TPSA) is 81.4 Å². The highest BCUT2D eigenvalue weighted by Gasteiger charge is 2.61. The molecule has 154 valence electrons. The van der Waals surface area contributed by atoms with E-state index < -0.39 is 5.97 Å². The molecular formula is C23H28N2O4. The predicted molar refractivity (Wildman–Crippen MR) is 108 cm³/mol. The highest BCUT2D eigenvalue weighted by atomic mass is 16.5. The SMILES string of the molecule is Cc1onc(-c2ccccc2)c1C(=O)OCC(=O)NC1CC2CCC1(C)C2(C)C. The molecule has 1 N–H and O–H groups in total. The van der Waals surface area contributed by atoms with Gasteiger partial charge in [-0.05, 0) is 42.9 Å². The van der Waals surface area contributed by atoms with Crippen LogP contribution in [0.2, 0.25) is 0 Å². The van der Waals surface area contributed by atoms with Crippen molar-refractivity contribution in [3.8, 4) is 11.3 Å². The molecule has 2 fully saturated rings. The highest BCUT2D eigenvalue weighted by molar-refractivity contribution is 5.98. The molecule has 29 heavy (non-hydrogen) atoms. The summed E-state index contributed by atoms with van der Waals surface area (Å²) in [7, 11) is 0. The quantitative estimate of drug-likeness (QED) is 0.768. The largest absolute Gasteiger partial charge is 0.452 e. The van der Waals surface area contributed by atoms with Crippen LogP contribution in [-0.4, -0.2) is 29.7 Å². The van der Waals surface area contributed by atoms with E-state index >= 15 is 0 Å². The summed E-state index contributed by atoms with van der Waals surface area (Å²) < 4.78 is 10.5. The van der Waals surface area contributed by atoms with Gasteiger partial charge >= 0.3 is 5.97 Å². The first-order chi connectivity index (χ1) is 13.7. The lowest BCUT2D eigenvalue weighted by atomic mass is 9.69. The minimum atomic E-state index is -0.600. The Morgan fingerprint density at radius 3 is 2.59 bits per heavy atom. The molecule has 1 aromatic carbocycles. The summed E-state index contributed by atoms with van der Waals surface area (Å²) in [4.78, 5) is 25.2.